The third-order valence-corrected chi connectivity index (χ3v) is 4.75. The quantitative estimate of drug-likeness (QED) is 0.886. The van der Waals surface area contributed by atoms with E-state index in [4.69, 9.17) is 4.74 Å². The Kier molecular flexibility index (Phi) is 4.09. The van der Waals surface area contributed by atoms with E-state index in [0.717, 1.165) is 17.7 Å². The summed E-state index contributed by atoms with van der Waals surface area (Å²) in [5.74, 6) is 0.703. The maximum Gasteiger partial charge on any atom is 0.224 e. The first-order valence-electron chi connectivity index (χ1n) is 6.26. The molecule has 5 nitrogen and oxygen atoms in total. The molecule has 1 aliphatic heterocycles. The fourth-order valence-corrected chi connectivity index (χ4v) is 2.50. The summed E-state index contributed by atoms with van der Waals surface area (Å²) in [5, 5.41) is 2.78. The SMILES string of the molecule is CCS(=O)(=O)CCOc1ccc2c(c1)NC(=O)CC2. The molecular weight excluding hydrogens is 266 g/mol. The van der Waals surface area contributed by atoms with E-state index in [-0.39, 0.29) is 24.0 Å². The van der Waals surface area contributed by atoms with Gasteiger partial charge in [0.1, 0.15) is 12.4 Å². The molecule has 1 amide bonds. The summed E-state index contributed by atoms with van der Waals surface area (Å²) >= 11 is 0. The number of amides is 1. The Labute approximate surface area is 112 Å². The summed E-state index contributed by atoms with van der Waals surface area (Å²) in [6, 6.07) is 5.44. The zero-order chi connectivity index (χ0) is 13.9. The molecule has 0 unspecified atom stereocenters. The van der Waals surface area contributed by atoms with Gasteiger partial charge in [-0.2, -0.15) is 0 Å². The van der Waals surface area contributed by atoms with Crippen molar-refractivity contribution in [3.05, 3.63) is 23.8 Å². The number of ether oxygens (including phenoxy) is 1. The van der Waals surface area contributed by atoms with E-state index in [1.165, 1.54) is 0 Å². The van der Waals surface area contributed by atoms with Gasteiger partial charge < -0.3 is 10.1 Å². The molecule has 1 heterocycles. The standard InChI is InChI=1S/C13H17NO4S/c1-2-19(16,17)8-7-18-11-5-3-10-4-6-13(15)14-12(10)9-11/h3,5,9H,2,4,6-8H2,1H3,(H,14,15). The monoisotopic (exact) mass is 283 g/mol. The molecule has 0 fully saturated rings. The molecule has 0 atom stereocenters. The van der Waals surface area contributed by atoms with E-state index in [0.29, 0.717) is 12.2 Å². The van der Waals surface area contributed by atoms with Gasteiger partial charge in [-0.25, -0.2) is 8.42 Å². The summed E-state index contributed by atoms with van der Waals surface area (Å²) < 4.78 is 28.1. The summed E-state index contributed by atoms with van der Waals surface area (Å²) in [4.78, 5) is 11.3. The zero-order valence-electron chi connectivity index (χ0n) is 10.8. The number of anilines is 1. The van der Waals surface area contributed by atoms with Gasteiger partial charge in [-0.15, -0.1) is 0 Å². The van der Waals surface area contributed by atoms with Crippen molar-refractivity contribution in [1.29, 1.82) is 0 Å². The van der Waals surface area contributed by atoms with Crippen LogP contribution in [-0.2, 0) is 21.1 Å². The van der Waals surface area contributed by atoms with Crippen molar-refractivity contribution in [2.45, 2.75) is 19.8 Å². The predicted molar refractivity (Wildman–Crippen MR) is 73.2 cm³/mol. The molecule has 6 heteroatoms. The van der Waals surface area contributed by atoms with Gasteiger partial charge in [0, 0.05) is 23.9 Å². The number of sulfone groups is 1. The highest BCUT2D eigenvalue weighted by atomic mass is 32.2. The third-order valence-electron chi connectivity index (χ3n) is 3.08. The molecule has 1 aliphatic rings. The zero-order valence-corrected chi connectivity index (χ0v) is 11.6. The number of carbonyl (C=O) groups excluding carboxylic acids is 1. The molecule has 1 aromatic rings. The van der Waals surface area contributed by atoms with Crippen molar-refractivity contribution >= 4 is 21.4 Å². The number of benzene rings is 1. The van der Waals surface area contributed by atoms with Gasteiger partial charge >= 0.3 is 0 Å². The third kappa shape index (κ3) is 3.70. The topological polar surface area (TPSA) is 72.5 Å². The molecule has 0 radical (unpaired) electrons. The summed E-state index contributed by atoms with van der Waals surface area (Å²) in [5.41, 5.74) is 1.83. The molecule has 0 aromatic heterocycles. The molecule has 0 bridgehead atoms. The van der Waals surface area contributed by atoms with E-state index >= 15 is 0 Å². The van der Waals surface area contributed by atoms with Crippen LogP contribution in [0.5, 0.6) is 5.75 Å². The van der Waals surface area contributed by atoms with Crippen molar-refractivity contribution in [2.75, 3.05) is 23.4 Å². The maximum absolute atomic E-state index is 11.3. The predicted octanol–water partition coefficient (Wildman–Crippen LogP) is 1.38. The van der Waals surface area contributed by atoms with Gasteiger partial charge in [0.05, 0.1) is 5.75 Å². The minimum Gasteiger partial charge on any atom is -0.492 e. The minimum atomic E-state index is -3.01. The van der Waals surface area contributed by atoms with Crippen molar-refractivity contribution in [1.82, 2.24) is 0 Å². The maximum atomic E-state index is 11.3. The number of hydrogen-bond donors (Lipinski definition) is 1. The molecule has 104 valence electrons. The number of fused-ring (bicyclic) bond motifs is 1. The van der Waals surface area contributed by atoms with Gasteiger partial charge in [-0.1, -0.05) is 13.0 Å². The average Bonchev–Trinajstić information content (AvgIpc) is 2.38. The number of rotatable bonds is 5. The molecule has 0 spiro atoms. The smallest absolute Gasteiger partial charge is 0.224 e. The van der Waals surface area contributed by atoms with E-state index in [1.54, 1.807) is 19.1 Å². The van der Waals surface area contributed by atoms with E-state index in [9.17, 15) is 13.2 Å². The minimum absolute atomic E-state index is 0.00166. The Bertz CT molecular complexity index is 580. The van der Waals surface area contributed by atoms with Gasteiger partial charge in [0.15, 0.2) is 9.84 Å². The van der Waals surface area contributed by atoms with E-state index in [1.807, 2.05) is 6.07 Å². The van der Waals surface area contributed by atoms with Crippen LogP contribution >= 0.6 is 0 Å². The first-order valence-corrected chi connectivity index (χ1v) is 8.08. The van der Waals surface area contributed by atoms with Crippen LogP contribution in [0.4, 0.5) is 5.69 Å². The number of nitrogens with one attached hydrogen (secondary N) is 1. The largest absolute Gasteiger partial charge is 0.492 e. The first kappa shape index (κ1) is 13.9. The van der Waals surface area contributed by atoms with E-state index in [2.05, 4.69) is 5.32 Å². The average molecular weight is 283 g/mol. The van der Waals surface area contributed by atoms with Crippen LogP contribution in [0, 0.1) is 0 Å². The Hall–Kier alpha value is -1.56. The number of aryl methyl sites for hydroxylation is 1. The van der Waals surface area contributed by atoms with E-state index < -0.39 is 9.84 Å². The lowest BCUT2D eigenvalue weighted by atomic mass is 10.0. The van der Waals surface area contributed by atoms with Crippen molar-refractivity contribution in [3.8, 4) is 5.75 Å². The normalized spacial score (nSPS) is 14.7. The highest BCUT2D eigenvalue weighted by Gasteiger charge is 2.15. The lowest BCUT2D eigenvalue weighted by Crippen LogP contribution is -2.19. The van der Waals surface area contributed by atoms with Gasteiger partial charge in [0.25, 0.3) is 0 Å². The molecule has 0 saturated carbocycles. The molecule has 1 aromatic carbocycles. The fourth-order valence-electron chi connectivity index (χ4n) is 1.87. The second-order valence-corrected chi connectivity index (χ2v) is 6.92. The number of hydrogen-bond acceptors (Lipinski definition) is 4. The van der Waals surface area contributed by atoms with Crippen LogP contribution in [0.3, 0.4) is 0 Å². The van der Waals surface area contributed by atoms with Crippen molar-refractivity contribution < 1.29 is 17.9 Å². The first-order chi connectivity index (χ1) is 9.00. The van der Waals surface area contributed by atoms with Gasteiger partial charge in [-0.3, -0.25) is 4.79 Å². The molecular formula is C13H17NO4S. The van der Waals surface area contributed by atoms with Crippen LogP contribution in [-0.4, -0.2) is 32.4 Å². The van der Waals surface area contributed by atoms with Crippen LogP contribution in [0.15, 0.2) is 18.2 Å². The summed E-state index contributed by atoms with van der Waals surface area (Å²) in [6.07, 6.45) is 1.23. The van der Waals surface area contributed by atoms with Crippen molar-refractivity contribution in [3.63, 3.8) is 0 Å². The van der Waals surface area contributed by atoms with Gasteiger partial charge in [-0.05, 0) is 18.1 Å². The molecule has 0 saturated heterocycles. The van der Waals surface area contributed by atoms with Gasteiger partial charge in [0.2, 0.25) is 5.91 Å². The molecule has 0 aliphatic carbocycles. The Morgan fingerprint density at radius 3 is 2.84 bits per heavy atom. The Morgan fingerprint density at radius 1 is 1.32 bits per heavy atom. The Balaban J connectivity index is 1.99. The highest BCUT2D eigenvalue weighted by Crippen LogP contribution is 2.27. The second-order valence-electron chi connectivity index (χ2n) is 4.45. The van der Waals surface area contributed by atoms with Crippen LogP contribution in [0.2, 0.25) is 0 Å². The van der Waals surface area contributed by atoms with Crippen LogP contribution in [0.1, 0.15) is 18.9 Å². The van der Waals surface area contributed by atoms with Crippen LogP contribution in [0.25, 0.3) is 0 Å². The summed E-state index contributed by atoms with van der Waals surface area (Å²) in [6.45, 7) is 1.74. The highest BCUT2D eigenvalue weighted by molar-refractivity contribution is 7.91. The second kappa shape index (κ2) is 5.61. The molecule has 19 heavy (non-hydrogen) atoms. The lowest BCUT2D eigenvalue weighted by molar-refractivity contribution is -0.116. The lowest BCUT2D eigenvalue weighted by Gasteiger charge is -2.17. The van der Waals surface area contributed by atoms with Crippen LogP contribution < -0.4 is 10.1 Å². The molecule has 2 rings (SSSR count). The fraction of sp³-hybridized carbons (Fsp3) is 0.462. The number of carbonyl (C=O) groups is 1. The summed E-state index contributed by atoms with van der Waals surface area (Å²) in [7, 11) is -3.01. The van der Waals surface area contributed by atoms with Crippen molar-refractivity contribution in [2.24, 2.45) is 0 Å². The Morgan fingerprint density at radius 2 is 2.11 bits per heavy atom. The molecule has 1 N–H and O–H groups in total.